The molecule has 2 heterocycles. The average Bonchev–Trinajstić information content (AvgIpc) is 2.97. The lowest BCUT2D eigenvalue weighted by Gasteiger charge is -2.02. The van der Waals surface area contributed by atoms with E-state index < -0.39 is 11.8 Å². The van der Waals surface area contributed by atoms with Crippen LogP contribution in [0.3, 0.4) is 0 Å². The Bertz CT molecular complexity index is 546. The van der Waals surface area contributed by atoms with E-state index in [0.29, 0.717) is 5.82 Å². The van der Waals surface area contributed by atoms with Gasteiger partial charge in [-0.15, -0.1) is 5.10 Å². The first-order valence-electron chi connectivity index (χ1n) is 5.15. The SMILES string of the molecule is Cc1nc(NC(=O)CNC(=O)c2ccco2)n[nH]1. The number of carbonyl (C=O) groups is 2. The Labute approximate surface area is 102 Å². The first-order chi connectivity index (χ1) is 8.65. The number of H-pyrrole nitrogens is 1. The van der Waals surface area contributed by atoms with Crippen LogP contribution in [-0.2, 0) is 4.79 Å². The second kappa shape index (κ2) is 5.13. The van der Waals surface area contributed by atoms with Crippen LogP contribution in [0.4, 0.5) is 5.95 Å². The maximum Gasteiger partial charge on any atom is 0.287 e. The number of carbonyl (C=O) groups excluding carboxylic acids is 2. The Balaban J connectivity index is 1.80. The third kappa shape index (κ3) is 2.94. The van der Waals surface area contributed by atoms with Crippen molar-refractivity contribution in [2.24, 2.45) is 0 Å². The summed E-state index contributed by atoms with van der Waals surface area (Å²) in [5, 5.41) is 11.1. The highest BCUT2D eigenvalue weighted by atomic mass is 16.3. The second-order valence-electron chi connectivity index (χ2n) is 3.45. The molecule has 8 heteroatoms. The zero-order chi connectivity index (χ0) is 13.0. The van der Waals surface area contributed by atoms with Crippen molar-refractivity contribution < 1.29 is 14.0 Å². The van der Waals surface area contributed by atoms with E-state index in [-0.39, 0.29) is 18.3 Å². The van der Waals surface area contributed by atoms with Crippen LogP contribution in [0.1, 0.15) is 16.4 Å². The summed E-state index contributed by atoms with van der Waals surface area (Å²) in [6, 6.07) is 3.09. The molecule has 0 aliphatic heterocycles. The number of anilines is 1. The van der Waals surface area contributed by atoms with Gasteiger partial charge in [0.1, 0.15) is 5.82 Å². The lowest BCUT2D eigenvalue weighted by molar-refractivity contribution is -0.115. The summed E-state index contributed by atoms with van der Waals surface area (Å²) in [5.74, 6) is 0.0291. The van der Waals surface area contributed by atoms with Crippen molar-refractivity contribution >= 4 is 17.8 Å². The lowest BCUT2D eigenvalue weighted by atomic mass is 10.4. The van der Waals surface area contributed by atoms with Crippen molar-refractivity contribution in [3.63, 3.8) is 0 Å². The quantitative estimate of drug-likeness (QED) is 0.709. The van der Waals surface area contributed by atoms with Gasteiger partial charge in [-0.2, -0.15) is 4.98 Å². The number of rotatable bonds is 4. The number of nitrogens with one attached hydrogen (secondary N) is 3. The maximum absolute atomic E-state index is 11.4. The standard InChI is InChI=1S/C10H11N5O3/c1-6-12-10(15-14-6)13-8(16)5-11-9(17)7-3-2-4-18-7/h2-4H,5H2,1H3,(H,11,17)(H2,12,13,14,15,16). The van der Waals surface area contributed by atoms with E-state index in [0.717, 1.165) is 0 Å². The first kappa shape index (κ1) is 11.8. The minimum absolute atomic E-state index is 0.150. The van der Waals surface area contributed by atoms with Crippen LogP contribution >= 0.6 is 0 Å². The third-order valence-corrected chi connectivity index (χ3v) is 2.00. The van der Waals surface area contributed by atoms with Gasteiger partial charge in [-0.3, -0.25) is 20.0 Å². The molecule has 0 atom stereocenters. The topological polar surface area (TPSA) is 113 Å². The largest absolute Gasteiger partial charge is 0.459 e. The normalized spacial score (nSPS) is 10.1. The Morgan fingerprint density at radius 1 is 1.50 bits per heavy atom. The van der Waals surface area contributed by atoms with Gasteiger partial charge in [0.25, 0.3) is 5.91 Å². The highest BCUT2D eigenvalue weighted by Crippen LogP contribution is 1.99. The molecule has 3 N–H and O–H groups in total. The van der Waals surface area contributed by atoms with E-state index in [1.54, 1.807) is 13.0 Å². The lowest BCUT2D eigenvalue weighted by Crippen LogP contribution is -2.32. The van der Waals surface area contributed by atoms with Crippen LogP contribution < -0.4 is 10.6 Å². The number of hydrogen-bond acceptors (Lipinski definition) is 5. The molecule has 0 aliphatic rings. The molecule has 0 aliphatic carbocycles. The Morgan fingerprint density at radius 2 is 2.33 bits per heavy atom. The number of aromatic amines is 1. The van der Waals surface area contributed by atoms with Gasteiger partial charge in [0.05, 0.1) is 12.8 Å². The number of furan rings is 1. The Hall–Kier alpha value is -2.64. The second-order valence-corrected chi connectivity index (χ2v) is 3.45. The van der Waals surface area contributed by atoms with Gasteiger partial charge in [-0.1, -0.05) is 0 Å². The molecule has 2 aromatic heterocycles. The molecule has 94 valence electrons. The fourth-order valence-corrected chi connectivity index (χ4v) is 1.22. The van der Waals surface area contributed by atoms with Gasteiger partial charge in [-0.25, -0.2) is 0 Å². The minimum atomic E-state index is -0.457. The molecule has 2 rings (SSSR count). The number of aryl methyl sites for hydroxylation is 1. The summed E-state index contributed by atoms with van der Waals surface area (Å²) in [5.41, 5.74) is 0. The van der Waals surface area contributed by atoms with Gasteiger partial charge in [-0.05, 0) is 19.1 Å². The van der Waals surface area contributed by atoms with Crippen molar-refractivity contribution in [3.05, 3.63) is 30.0 Å². The molecule has 0 saturated carbocycles. The first-order valence-corrected chi connectivity index (χ1v) is 5.15. The fourth-order valence-electron chi connectivity index (χ4n) is 1.22. The molecule has 0 saturated heterocycles. The third-order valence-electron chi connectivity index (χ3n) is 2.00. The summed E-state index contributed by atoms with van der Waals surface area (Å²) >= 11 is 0. The van der Waals surface area contributed by atoms with Crippen molar-refractivity contribution in [3.8, 4) is 0 Å². The predicted octanol–water partition coefficient (Wildman–Crippen LogP) is 0.0746. The van der Waals surface area contributed by atoms with Crippen molar-refractivity contribution in [1.82, 2.24) is 20.5 Å². The number of nitrogens with zero attached hydrogens (tertiary/aromatic N) is 2. The number of amides is 2. The summed E-state index contributed by atoms with van der Waals surface area (Å²) in [6.45, 7) is 1.52. The predicted molar refractivity (Wildman–Crippen MR) is 60.8 cm³/mol. The summed E-state index contributed by atoms with van der Waals surface area (Å²) in [7, 11) is 0. The van der Waals surface area contributed by atoms with E-state index >= 15 is 0 Å². The zero-order valence-corrected chi connectivity index (χ0v) is 9.56. The van der Waals surface area contributed by atoms with Gasteiger partial charge in [0.2, 0.25) is 11.9 Å². The van der Waals surface area contributed by atoms with E-state index in [4.69, 9.17) is 4.42 Å². The van der Waals surface area contributed by atoms with Gasteiger partial charge >= 0.3 is 0 Å². The molecule has 0 fully saturated rings. The van der Waals surface area contributed by atoms with Crippen LogP contribution in [0.2, 0.25) is 0 Å². The van der Waals surface area contributed by atoms with E-state index in [9.17, 15) is 9.59 Å². The molecule has 0 bridgehead atoms. The molecule has 2 aromatic rings. The van der Waals surface area contributed by atoms with Crippen LogP contribution in [0, 0.1) is 6.92 Å². The monoisotopic (exact) mass is 249 g/mol. The van der Waals surface area contributed by atoms with E-state index in [1.165, 1.54) is 12.3 Å². The minimum Gasteiger partial charge on any atom is -0.459 e. The van der Waals surface area contributed by atoms with Crippen LogP contribution in [0.15, 0.2) is 22.8 Å². The summed E-state index contributed by atoms with van der Waals surface area (Å²) in [4.78, 5) is 26.8. The van der Waals surface area contributed by atoms with Gasteiger partial charge in [0, 0.05) is 0 Å². The number of hydrogen-bond donors (Lipinski definition) is 3. The highest BCUT2D eigenvalue weighted by molar-refractivity contribution is 5.97. The maximum atomic E-state index is 11.4. The van der Waals surface area contributed by atoms with E-state index in [2.05, 4.69) is 25.8 Å². The van der Waals surface area contributed by atoms with Crippen LogP contribution in [-0.4, -0.2) is 33.5 Å². The van der Waals surface area contributed by atoms with Crippen molar-refractivity contribution in [1.29, 1.82) is 0 Å². The van der Waals surface area contributed by atoms with Crippen LogP contribution in [0.25, 0.3) is 0 Å². The Kier molecular flexibility index (Phi) is 3.37. The smallest absolute Gasteiger partial charge is 0.287 e. The highest BCUT2D eigenvalue weighted by Gasteiger charge is 2.11. The summed E-state index contributed by atoms with van der Waals surface area (Å²) < 4.78 is 4.88. The fraction of sp³-hybridized carbons (Fsp3) is 0.200. The molecular weight excluding hydrogens is 238 g/mol. The molecule has 0 unspecified atom stereocenters. The van der Waals surface area contributed by atoms with Crippen molar-refractivity contribution in [2.75, 3.05) is 11.9 Å². The molecular formula is C10H11N5O3. The van der Waals surface area contributed by atoms with Crippen LogP contribution in [0.5, 0.6) is 0 Å². The Morgan fingerprint density at radius 3 is 2.94 bits per heavy atom. The molecule has 18 heavy (non-hydrogen) atoms. The molecule has 0 aromatic carbocycles. The number of aromatic nitrogens is 3. The van der Waals surface area contributed by atoms with Crippen molar-refractivity contribution in [2.45, 2.75) is 6.92 Å². The molecule has 0 spiro atoms. The molecule has 2 amide bonds. The molecule has 8 nitrogen and oxygen atoms in total. The average molecular weight is 249 g/mol. The van der Waals surface area contributed by atoms with E-state index in [1.807, 2.05) is 0 Å². The van der Waals surface area contributed by atoms with Gasteiger partial charge in [0.15, 0.2) is 5.76 Å². The van der Waals surface area contributed by atoms with Gasteiger partial charge < -0.3 is 9.73 Å². The zero-order valence-electron chi connectivity index (χ0n) is 9.56. The summed E-state index contributed by atoms with van der Waals surface area (Å²) in [6.07, 6.45) is 1.38. The molecule has 0 radical (unpaired) electrons.